The van der Waals surface area contributed by atoms with Crippen molar-refractivity contribution in [1.82, 2.24) is 9.80 Å². The van der Waals surface area contributed by atoms with Crippen LogP contribution in [0.1, 0.15) is 34.6 Å². The van der Waals surface area contributed by atoms with E-state index >= 15 is 0 Å². The normalized spacial score (nSPS) is 10.6. The highest BCUT2D eigenvalue weighted by Crippen LogP contribution is 2.62. The molecule has 0 heterocycles. The predicted molar refractivity (Wildman–Crippen MR) is 104 cm³/mol. The Bertz CT molecular complexity index is 255. The third-order valence-corrected chi connectivity index (χ3v) is 11.3. The van der Waals surface area contributed by atoms with Crippen LogP contribution in [-0.4, -0.2) is 50.8 Å². The minimum atomic E-state index is -0.257. The summed E-state index contributed by atoms with van der Waals surface area (Å²) in [6.45, 7) is 14.8. The molecule has 0 rings (SSSR count). The van der Waals surface area contributed by atoms with Crippen LogP contribution < -0.4 is 0 Å². The first-order valence-electron chi connectivity index (χ1n) is 6.75. The van der Waals surface area contributed by atoms with Gasteiger partial charge in [0, 0.05) is 32.5 Å². The largest absolute Gasteiger partial charge is 0.358 e. The zero-order chi connectivity index (χ0) is 14.8. The quantitative estimate of drug-likeness (QED) is 0.462. The minimum Gasteiger partial charge on any atom is -0.358 e. The fourth-order valence-electron chi connectivity index (χ4n) is 1.40. The summed E-state index contributed by atoms with van der Waals surface area (Å²) in [5, 5.41) is 0. The smallest absolute Gasteiger partial charge is 0.141 e. The topological polar surface area (TPSA) is 6.48 Å². The fraction of sp³-hybridized carbons (Fsp3) is 0.833. The number of rotatable bonds is 7. The van der Waals surface area contributed by atoms with E-state index in [1.54, 1.807) is 0 Å². The van der Waals surface area contributed by atoms with E-state index in [9.17, 15) is 0 Å². The van der Waals surface area contributed by atoms with E-state index in [1.807, 2.05) is 22.8 Å². The van der Waals surface area contributed by atoms with Crippen LogP contribution in [0.25, 0.3) is 0 Å². The first-order chi connectivity index (χ1) is 9.03. The van der Waals surface area contributed by atoms with Crippen LogP contribution in [-0.2, 0) is 0 Å². The third kappa shape index (κ3) is 7.47. The highest BCUT2D eigenvalue weighted by atomic mass is 33.1. The molecular formula is C12H25N2PS4. The van der Waals surface area contributed by atoms with Crippen LogP contribution in [0, 0.1) is 0 Å². The molecule has 0 fully saturated rings. The van der Waals surface area contributed by atoms with Crippen LogP contribution in [0.3, 0.4) is 0 Å². The number of nitrogens with zero attached hydrogens (tertiary/aromatic N) is 2. The van der Waals surface area contributed by atoms with E-state index in [4.69, 9.17) is 24.4 Å². The maximum absolute atomic E-state index is 5.53. The van der Waals surface area contributed by atoms with Crippen molar-refractivity contribution < 1.29 is 0 Å². The minimum absolute atomic E-state index is 0.257. The lowest BCUT2D eigenvalue weighted by atomic mass is 10.6. The SMILES string of the molecule is CCN(CC)C(=S)SP(CC)SC(=S)N(CC)CC. The van der Waals surface area contributed by atoms with Crippen LogP contribution in [0.4, 0.5) is 0 Å². The van der Waals surface area contributed by atoms with Crippen molar-refractivity contribution in [2.24, 2.45) is 0 Å². The maximum Gasteiger partial charge on any atom is 0.141 e. The molecule has 7 heteroatoms. The molecule has 0 spiro atoms. The molecule has 0 aliphatic carbocycles. The van der Waals surface area contributed by atoms with Gasteiger partial charge >= 0.3 is 0 Å². The van der Waals surface area contributed by atoms with Gasteiger partial charge < -0.3 is 9.80 Å². The Morgan fingerprint density at radius 1 is 0.789 bits per heavy atom. The molecule has 0 aromatic carbocycles. The molecule has 0 aliphatic heterocycles. The van der Waals surface area contributed by atoms with Crippen LogP contribution in [0.5, 0.6) is 0 Å². The molecule has 112 valence electrons. The molecule has 0 saturated carbocycles. The van der Waals surface area contributed by atoms with E-state index in [-0.39, 0.29) is 6.33 Å². The lowest BCUT2D eigenvalue weighted by Gasteiger charge is -2.26. The summed E-state index contributed by atoms with van der Waals surface area (Å²) in [7, 11) is 0. The molecule has 19 heavy (non-hydrogen) atoms. The second-order valence-electron chi connectivity index (χ2n) is 3.71. The summed E-state index contributed by atoms with van der Waals surface area (Å²) in [5.74, 6) is 0. The molecule has 2 nitrogen and oxygen atoms in total. The second kappa shape index (κ2) is 11.6. The van der Waals surface area contributed by atoms with E-state index in [2.05, 4.69) is 44.4 Å². The lowest BCUT2D eigenvalue weighted by Crippen LogP contribution is -2.27. The van der Waals surface area contributed by atoms with Gasteiger partial charge in [0.25, 0.3) is 0 Å². The zero-order valence-corrected chi connectivity index (χ0v) is 16.7. The van der Waals surface area contributed by atoms with Gasteiger partial charge in [0.05, 0.1) is 0 Å². The summed E-state index contributed by atoms with van der Waals surface area (Å²) < 4.78 is 2.04. The van der Waals surface area contributed by atoms with Gasteiger partial charge in [-0.2, -0.15) is 0 Å². The summed E-state index contributed by atoms with van der Waals surface area (Å²) >= 11 is 14.7. The standard InChI is InChI=1S/C12H25N2PS4/c1-6-13(7-2)11(16)18-15(10-5)19-12(17)14(8-3)9-4/h6-10H2,1-5H3. The Morgan fingerprint density at radius 3 is 1.32 bits per heavy atom. The number of hydrogen-bond donors (Lipinski definition) is 0. The second-order valence-corrected chi connectivity index (χ2v) is 11.9. The van der Waals surface area contributed by atoms with E-state index in [0.717, 1.165) is 41.0 Å². The molecule has 0 saturated heterocycles. The Morgan fingerprint density at radius 2 is 1.11 bits per heavy atom. The third-order valence-electron chi connectivity index (χ3n) is 2.66. The predicted octanol–water partition coefficient (Wildman–Crippen LogP) is 5.04. The van der Waals surface area contributed by atoms with Gasteiger partial charge in [0.15, 0.2) is 0 Å². The summed E-state index contributed by atoms with van der Waals surface area (Å²) in [6, 6.07) is 0. The van der Waals surface area contributed by atoms with Crippen LogP contribution in [0.2, 0.25) is 0 Å². The van der Waals surface area contributed by atoms with E-state index in [1.165, 1.54) is 0 Å². The van der Waals surface area contributed by atoms with Crippen LogP contribution >= 0.6 is 53.5 Å². The lowest BCUT2D eigenvalue weighted by molar-refractivity contribution is 0.482. The molecule has 0 radical (unpaired) electrons. The van der Waals surface area contributed by atoms with Gasteiger partial charge in [0.2, 0.25) is 0 Å². The van der Waals surface area contributed by atoms with Crippen molar-refractivity contribution in [1.29, 1.82) is 0 Å². The van der Waals surface area contributed by atoms with E-state index in [0.29, 0.717) is 0 Å². The molecule has 0 atom stereocenters. The van der Waals surface area contributed by atoms with Crippen molar-refractivity contribution in [3.63, 3.8) is 0 Å². The summed E-state index contributed by atoms with van der Waals surface area (Å²) in [5.41, 5.74) is 0. The molecule has 0 bridgehead atoms. The van der Waals surface area contributed by atoms with Gasteiger partial charge in [-0.1, -0.05) is 54.1 Å². The highest BCUT2D eigenvalue weighted by Gasteiger charge is 2.18. The van der Waals surface area contributed by atoms with Crippen LogP contribution in [0.15, 0.2) is 0 Å². The fourth-order valence-corrected chi connectivity index (χ4v) is 10.0. The van der Waals surface area contributed by atoms with Crippen molar-refractivity contribution in [3.05, 3.63) is 0 Å². The highest BCUT2D eigenvalue weighted by molar-refractivity contribution is 8.96. The van der Waals surface area contributed by atoms with Gasteiger partial charge in [0.1, 0.15) is 8.64 Å². The number of thiocarbonyl (C=S) groups is 2. The Hall–Kier alpha value is 0.910. The average molecular weight is 357 g/mol. The van der Waals surface area contributed by atoms with Gasteiger partial charge in [-0.15, -0.1) is 0 Å². The van der Waals surface area contributed by atoms with Gasteiger partial charge in [-0.05, 0) is 33.9 Å². The van der Waals surface area contributed by atoms with Crippen molar-refractivity contribution in [2.75, 3.05) is 32.3 Å². The summed E-state index contributed by atoms with van der Waals surface area (Å²) in [6.07, 6.45) is 0.875. The average Bonchev–Trinajstić information content (AvgIpc) is 2.40. The van der Waals surface area contributed by atoms with Crippen molar-refractivity contribution in [2.45, 2.75) is 34.6 Å². The number of hydrogen-bond acceptors (Lipinski definition) is 4. The summed E-state index contributed by atoms with van der Waals surface area (Å²) in [4.78, 5) is 4.48. The molecule has 0 aromatic rings. The molecule has 0 amide bonds. The maximum atomic E-state index is 5.53. The molecule has 0 aromatic heterocycles. The molecule has 0 N–H and O–H groups in total. The Kier molecular flexibility index (Phi) is 12.1. The molecule has 0 aliphatic rings. The first kappa shape index (κ1) is 19.9. The van der Waals surface area contributed by atoms with Crippen molar-refractivity contribution in [3.8, 4) is 0 Å². The zero-order valence-electron chi connectivity index (χ0n) is 12.5. The van der Waals surface area contributed by atoms with Gasteiger partial charge in [-0.3, -0.25) is 0 Å². The van der Waals surface area contributed by atoms with E-state index < -0.39 is 0 Å². The first-order valence-corrected chi connectivity index (χ1v) is 11.9. The van der Waals surface area contributed by atoms with Crippen molar-refractivity contribution >= 4 is 62.2 Å². The molecular weight excluding hydrogens is 331 g/mol. The Labute approximate surface area is 138 Å². The monoisotopic (exact) mass is 356 g/mol. The Balaban J connectivity index is 4.43. The molecule has 0 unspecified atom stereocenters. The van der Waals surface area contributed by atoms with Gasteiger partial charge in [-0.25, -0.2) is 0 Å².